The molecule has 1 rings (SSSR count). The number of hydrogen-bond acceptors (Lipinski definition) is 2. The van der Waals surface area contributed by atoms with E-state index in [1.165, 1.54) is 0 Å². The lowest BCUT2D eigenvalue weighted by atomic mass is 10.4. The molecule has 0 aromatic rings. The molecule has 0 radical (unpaired) electrons. The third kappa shape index (κ3) is 2.12. The van der Waals surface area contributed by atoms with E-state index in [0.29, 0.717) is 12.5 Å². The first-order valence-electron chi connectivity index (χ1n) is 3.16. The molecule has 0 spiro atoms. The van der Waals surface area contributed by atoms with Gasteiger partial charge in [-0.3, -0.25) is 0 Å². The van der Waals surface area contributed by atoms with Gasteiger partial charge in [-0.05, 0) is 6.92 Å². The predicted octanol–water partition coefficient (Wildman–Crippen LogP) is 1.38. The Kier molecular flexibility index (Phi) is 2.76. The second kappa shape index (κ2) is 3.40. The Hall–Kier alpha value is 0.210. The fourth-order valence-corrected chi connectivity index (χ4v) is 0.999. The highest BCUT2D eigenvalue weighted by Gasteiger charge is 2.20. The fraction of sp³-hybridized carbons (Fsp3) is 1.00. The molecule has 0 amide bonds. The van der Waals surface area contributed by atoms with Crippen LogP contribution in [0.1, 0.15) is 13.3 Å². The number of ether oxygens (including phenoxy) is 2. The average molecular weight is 151 g/mol. The molecule has 2 atom stereocenters. The van der Waals surface area contributed by atoms with Crippen LogP contribution in [-0.2, 0) is 9.47 Å². The topological polar surface area (TPSA) is 18.5 Å². The SMILES string of the molecule is CC1COC(CCCl)O1. The third-order valence-corrected chi connectivity index (χ3v) is 1.46. The maximum Gasteiger partial charge on any atom is 0.159 e. The first-order valence-corrected chi connectivity index (χ1v) is 3.69. The van der Waals surface area contributed by atoms with Crippen LogP contribution in [0.15, 0.2) is 0 Å². The van der Waals surface area contributed by atoms with Crippen LogP contribution in [-0.4, -0.2) is 24.9 Å². The van der Waals surface area contributed by atoms with Crippen molar-refractivity contribution in [1.82, 2.24) is 0 Å². The highest BCUT2D eigenvalue weighted by molar-refractivity contribution is 6.17. The van der Waals surface area contributed by atoms with Gasteiger partial charge in [-0.2, -0.15) is 0 Å². The molecule has 1 saturated heterocycles. The van der Waals surface area contributed by atoms with Crippen molar-refractivity contribution in [3.05, 3.63) is 0 Å². The summed E-state index contributed by atoms with van der Waals surface area (Å²) in [6.07, 6.45) is 1.00. The molecule has 54 valence electrons. The summed E-state index contributed by atoms with van der Waals surface area (Å²) in [6, 6.07) is 0. The number of hydrogen-bond donors (Lipinski definition) is 0. The largest absolute Gasteiger partial charge is 0.350 e. The molecule has 0 aromatic heterocycles. The van der Waals surface area contributed by atoms with Gasteiger partial charge in [0.05, 0.1) is 12.7 Å². The van der Waals surface area contributed by atoms with Crippen molar-refractivity contribution in [2.24, 2.45) is 0 Å². The van der Waals surface area contributed by atoms with Crippen LogP contribution in [0.25, 0.3) is 0 Å². The molecule has 0 aliphatic carbocycles. The van der Waals surface area contributed by atoms with Gasteiger partial charge in [0.2, 0.25) is 0 Å². The molecule has 2 nitrogen and oxygen atoms in total. The molecule has 1 fully saturated rings. The molecule has 1 aliphatic heterocycles. The molecule has 1 heterocycles. The summed E-state index contributed by atoms with van der Waals surface area (Å²) < 4.78 is 10.5. The summed E-state index contributed by atoms with van der Waals surface area (Å²) in [5.41, 5.74) is 0. The Balaban J connectivity index is 2.14. The maximum absolute atomic E-state index is 5.47. The summed E-state index contributed by atoms with van der Waals surface area (Å²) in [4.78, 5) is 0. The highest BCUT2D eigenvalue weighted by Crippen LogP contribution is 2.13. The van der Waals surface area contributed by atoms with Gasteiger partial charge in [0.25, 0.3) is 0 Å². The summed E-state index contributed by atoms with van der Waals surface area (Å²) in [5.74, 6) is 0.609. The van der Waals surface area contributed by atoms with E-state index in [2.05, 4.69) is 0 Å². The fourth-order valence-electron chi connectivity index (χ4n) is 0.821. The quantitative estimate of drug-likeness (QED) is 0.554. The van der Waals surface area contributed by atoms with Crippen molar-refractivity contribution in [2.45, 2.75) is 25.7 Å². The lowest BCUT2D eigenvalue weighted by molar-refractivity contribution is -0.0551. The van der Waals surface area contributed by atoms with E-state index in [-0.39, 0.29) is 12.4 Å². The zero-order chi connectivity index (χ0) is 6.69. The third-order valence-electron chi connectivity index (χ3n) is 1.25. The Morgan fingerprint density at radius 2 is 2.44 bits per heavy atom. The van der Waals surface area contributed by atoms with Crippen LogP contribution in [0, 0.1) is 0 Å². The van der Waals surface area contributed by atoms with Gasteiger partial charge < -0.3 is 9.47 Å². The maximum atomic E-state index is 5.47. The number of alkyl halides is 1. The molecule has 0 aromatic carbocycles. The second-order valence-corrected chi connectivity index (χ2v) is 2.57. The molecular weight excluding hydrogens is 140 g/mol. The van der Waals surface area contributed by atoms with E-state index in [1.54, 1.807) is 0 Å². The zero-order valence-electron chi connectivity index (χ0n) is 5.47. The molecule has 3 heteroatoms. The molecular formula is C6H11ClO2. The van der Waals surface area contributed by atoms with Gasteiger partial charge in [-0.15, -0.1) is 11.6 Å². The van der Waals surface area contributed by atoms with Crippen LogP contribution < -0.4 is 0 Å². The van der Waals surface area contributed by atoms with Gasteiger partial charge in [-0.25, -0.2) is 0 Å². The smallest absolute Gasteiger partial charge is 0.159 e. The lowest BCUT2D eigenvalue weighted by Crippen LogP contribution is -2.09. The normalized spacial score (nSPS) is 35.3. The first-order chi connectivity index (χ1) is 4.33. The average Bonchev–Trinajstić information content (AvgIpc) is 2.17. The van der Waals surface area contributed by atoms with Gasteiger partial charge in [0.15, 0.2) is 6.29 Å². The van der Waals surface area contributed by atoms with E-state index < -0.39 is 0 Å². The minimum absolute atomic E-state index is 0.0440. The van der Waals surface area contributed by atoms with E-state index in [1.807, 2.05) is 6.92 Å². The molecule has 9 heavy (non-hydrogen) atoms. The van der Waals surface area contributed by atoms with Crippen LogP contribution in [0.5, 0.6) is 0 Å². The van der Waals surface area contributed by atoms with Crippen LogP contribution in [0.4, 0.5) is 0 Å². The lowest BCUT2D eigenvalue weighted by Gasteiger charge is -2.05. The van der Waals surface area contributed by atoms with Crippen molar-refractivity contribution >= 4 is 11.6 Å². The number of halogens is 1. The standard InChI is InChI=1S/C6H11ClO2/c1-5-4-8-6(9-5)2-3-7/h5-6H,2-4H2,1H3. The van der Waals surface area contributed by atoms with Crippen molar-refractivity contribution in [3.63, 3.8) is 0 Å². The minimum atomic E-state index is -0.0440. The number of rotatable bonds is 2. The molecule has 1 aliphatic rings. The Labute approximate surface area is 60.1 Å². The molecule has 0 N–H and O–H groups in total. The monoisotopic (exact) mass is 150 g/mol. The Bertz CT molecular complexity index is 85.1. The summed E-state index contributed by atoms with van der Waals surface area (Å²) >= 11 is 5.47. The first kappa shape index (κ1) is 7.32. The van der Waals surface area contributed by atoms with Crippen LogP contribution >= 0.6 is 11.6 Å². The van der Waals surface area contributed by atoms with E-state index in [9.17, 15) is 0 Å². The molecule has 2 unspecified atom stereocenters. The van der Waals surface area contributed by atoms with Gasteiger partial charge in [-0.1, -0.05) is 0 Å². The Morgan fingerprint density at radius 1 is 1.67 bits per heavy atom. The van der Waals surface area contributed by atoms with E-state index in [4.69, 9.17) is 21.1 Å². The van der Waals surface area contributed by atoms with Crippen molar-refractivity contribution in [1.29, 1.82) is 0 Å². The van der Waals surface area contributed by atoms with Crippen molar-refractivity contribution in [2.75, 3.05) is 12.5 Å². The van der Waals surface area contributed by atoms with Gasteiger partial charge in [0.1, 0.15) is 0 Å². The van der Waals surface area contributed by atoms with Gasteiger partial charge in [0, 0.05) is 12.3 Å². The van der Waals surface area contributed by atoms with Crippen LogP contribution in [0.3, 0.4) is 0 Å². The minimum Gasteiger partial charge on any atom is -0.350 e. The van der Waals surface area contributed by atoms with Crippen molar-refractivity contribution < 1.29 is 9.47 Å². The molecule has 0 bridgehead atoms. The summed E-state index contributed by atoms with van der Waals surface area (Å²) in [7, 11) is 0. The van der Waals surface area contributed by atoms with E-state index in [0.717, 1.165) is 6.42 Å². The highest BCUT2D eigenvalue weighted by atomic mass is 35.5. The predicted molar refractivity (Wildman–Crippen MR) is 35.6 cm³/mol. The van der Waals surface area contributed by atoms with Crippen molar-refractivity contribution in [3.8, 4) is 0 Å². The van der Waals surface area contributed by atoms with E-state index >= 15 is 0 Å². The van der Waals surface area contributed by atoms with Gasteiger partial charge >= 0.3 is 0 Å². The zero-order valence-corrected chi connectivity index (χ0v) is 6.23. The second-order valence-electron chi connectivity index (χ2n) is 2.19. The summed E-state index contributed by atoms with van der Waals surface area (Å²) in [6.45, 7) is 2.70. The molecule has 0 saturated carbocycles. The summed E-state index contributed by atoms with van der Waals surface area (Å²) in [5, 5.41) is 0. The van der Waals surface area contributed by atoms with Crippen LogP contribution in [0.2, 0.25) is 0 Å². The Morgan fingerprint density at radius 3 is 2.89 bits per heavy atom.